The van der Waals surface area contributed by atoms with Crippen molar-refractivity contribution in [1.82, 2.24) is 24.4 Å². The van der Waals surface area contributed by atoms with Crippen LogP contribution < -0.4 is 15.3 Å². The summed E-state index contributed by atoms with van der Waals surface area (Å²) in [4.78, 5) is 44.0. The lowest BCUT2D eigenvalue weighted by atomic mass is 10.1. The Bertz CT molecular complexity index is 1480. The van der Waals surface area contributed by atoms with Gasteiger partial charge >= 0.3 is 11.8 Å². The number of piperazine rings is 1. The molecule has 1 saturated carbocycles. The Morgan fingerprint density at radius 2 is 2.00 bits per heavy atom. The standard InChI is InChI=1S/C26H29ClN6O4/c1-14-7-8-28-20(15-5-6-15)21(14)33-23-19-17(11-18(27)29-23)36-13-16-12-31(25(35)37-26(2,3)4)9-10-32(16)22(19)30-24(33)34/h7-8,11,15-16H,5-6,9-10,12-13H2,1-4H3/t16-/m1/s1. The largest absolute Gasteiger partial charge is 0.490 e. The van der Waals surface area contributed by atoms with Crippen LogP contribution in [0.5, 0.6) is 5.75 Å². The summed E-state index contributed by atoms with van der Waals surface area (Å²) >= 11 is 6.45. The predicted molar refractivity (Wildman–Crippen MR) is 139 cm³/mol. The SMILES string of the molecule is Cc1ccnc(C2CC2)c1-n1c(=O)nc2c3c(cc(Cl)nc31)OC[C@H]1CN(C(=O)OC(C)(C)C)CCN21. The van der Waals surface area contributed by atoms with Gasteiger partial charge in [-0.25, -0.2) is 19.1 Å². The first-order chi connectivity index (χ1) is 17.6. The third-order valence-corrected chi connectivity index (χ3v) is 7.13. The summed E-state index contributed by atoms with van der Waals surface area (Å²) in [5, 5.41) is 0.847. The number of hydrogen-bond acceptors (Lipinski definition) is 8. The van der Waals surface area contributed by atoms with Gasteiger partial charge < -0.3 is 19.3 Å². The van der Waals surface area contributed by atoms with E-state index in [1.165, 1.54) is 4.57 Å². The molecule has 2 aliphatic heterocycles. The molecule has 1 amide bonds. The van der Waals surface area contributed by atoms with E-state index in [4.69, 9.17) is 21.1 Å². The van der Waals surface area contributed by atoms with Gasteiger partial charge in [-0.1, -0.05) is 11.6 Å². The minimum Gasteiger partial charge on any atom is -0.490 e. The van der Waals surface area contributed by atoms with Crippen LogP contribution in [-0.2, 0) is 4.74 Å². The molecule has 0 bridgehead atoms. The van der Waals surface area contributed by atoms with E-state index in [0.29, 0.717) is 60.4 Å². The maximum Gasteiger partial charge on any atom is 0.410 e. The van der Waals surface area contributed by atoms with E-state index in [1.807, 2.05) is 38.7 Å². The third kappa shape index (κ3) is 4.27. The molecule has 5 heterocycles. The number of carbonyl (C=O) groups is 1. The second-order valence-electron chi connectivity index (χ2n) is 10.9. The molecule has 11 heteroatoms. The zero-order valence-electron chi connectivity index (χ0n) is 21.3. The first-order valence-electron chi connectivity index (χ1n) is 12.6. The lowest BCUT2D eigenvalue weighted by Crippen LogP contribution is -2.57. The van der Waals surface area contributed by atoms with Gasteiger partial charge in [0, 0.05) is 37.8 Å². The number of rotatable bonds is 2. The summed E-state index contributed by atoms with van der Waals surface area (Å²) in [5.74, 6) is 1.32. The van der Waals surface area contributed by atoms with Gasteiger partial charge in [-0.15, -0.1) is 0 Å². The maximum absolute atomic E-state index is 13.7. The van der Waals surface area contributed by atoms with Crippen molar-refractivity contribution in [3.8, 4) is 11.4 Å². The number of carbonyl (C=O) groups excluding carboxylic acids is 1. The third-order valence-electron chi connectivity index (χ3n) is 6.94. The fraction of sp³-hybridized carbons (Fsp3) is 0.500. The molecule has 0 spiro atoms. The lowest BCUT2D eigenvalue weighted by molar-refractivity contribution is 0.0202. The molecule has 0 aromatic carbocycles. The van der Waals surface area contributed by atoms with E-state index in [-0.39, 0.29) is 17.3 Å². The van der Waals surface area contributed by atoms with Crippen molar-refractivity contribution >= 4 is 34.5 Å². The molecular weight excluding hydrogens is 496 g/mol. The number of anilines is 1. The molecule has 37 heavy (non-hydrogen) atoms. The number of aryl methyl sites for hydroxylation is 1. The van der Waals surface area contributed by atoms with Crippen LogP contribution in [0.1, 0.15) is 50.8 Å². The Morgan fingerprint density at radius 3 is 2.73 bits per heavy atom. The number of pyridine rings is 2. The molecule has 3 aromatic heterocycles. The quantitative estimate of drug-likeness (QED) is 0.466. The van der Waals surface area contributed by atoms with Crippen molar-refractivity contribution in [1.29, 1.82) is 0 Å². The highest BCUT2D eigenvalue weighted by Crippen LogP contribution is 2.43. The number of fused-ring (bicyclic) bond motifs is 2. The van der Waals surface area contributed by atoms with E-state index in [2.05, 4.69) is 15.0 Å². The zero-order valence-corrected chi connectivity index (χ0v) is 22.1. The Kier molecular flexibility index (Phi) is 5.56. The molecule has 0 N–H and O–H groups in total. The van der Waals surface area contributed by atoms with Gasteiger partial charge in [-0.2, -0.15) is 4.98 Å². The van der Waals surface area contributed by atoms with E-state index in [9.17, 15) is 9.59 Å². The Morgan fingerprint density at radius 1 is 1.22 bits per heavy atom. The molecular formula is C26H29ClN6O4. The van der Waals surface area contributed by atoms with E-state index < -0.39 is 11.3 Å². The summed E-state index contributed by atoms with van der Waals surface area (Å²) in [6.45, 7) is 9.07. The number of halogens is 1. The summed E-state index contributed by atoms with van der Waals surface area (Å²) < 4.78 is 13.3. The molecule has 1 saturated heterocycles. The first kappa shape index (κ1) is 24.0. The van der Waals surface area contributed by atoms with Crippen LogP contribution in [0.2, 0.25) is 5.15 Å². The molecule has 10 nitrogen and oxygen atoms in total. The highest BCUT2D eigenvalue weighted by atomic mass is 35.5. The Balaban J connectivity index is 1.48. The summed E-state index contributed by atoms with van der Waals surface area (Å²) in [5.41, 5.74) is 1.86. The van der Waals surface area contributed by atoms with E-state index >= 15 is 0 Å². The van der Waals surface area contributed by atoms with E-state index in [0.717, 1.165) is 24.1 Å². The topological polar surface area (TPSA) is 103 Å². The number of nitrogens with zero attached hydrogens (tertiary/aromatic N) is 6. The normalized spacial score (nSPS) is 19.3. The molecule has 194 valence electrons. The molecule has 0 unspecified atom stereocenters. The lowest BCUT2D eigenvalue weighted by Gasteiger charge is -2.41. The average Bonchev–Trinajstić information content (AvgIpc) is 3.67. The smallest absolute Gasteiger partial charge is 0.410 e. The van der Waals surface area contributed by atoms with Gasteiger partial charge in [0.25, 0.3) is 0 Å². The predicted octanol–water partition coefficient (Wildman–Crippen LogP) is 3.83. The van der Waals surface area contributed by atoms with Crippen LogP contribution in [0, 0.1) is 6.92 Å². The minimum absolute atomic E-state index is 0.220. The second kappa shape index (κ2) is 8.58. The first-order valence-corrected chi connectivity index (χ1v) is 12.9. The molecule has 0 radical (unpaired) electrons. The summed E-state index contributed by atoms with van der Waals surface area (Å²) in [7, 11) is 0. The zero-order chi connectivity index (χ0) is 26.1. The fourth-order valence-electron chi connectivity index (χ4n) is 5.14. The summed E-state index contributed by atoms with van der Waals surface area (Å²) in [6.07, 6.45) is 3.48. The van der Waals surface area contributed by atoms with Crippen LogP contribution in [-0.4, -0.2) is 68.4 Å². The van der Waals surface area contributed by atoms with Gasteiger partial charge in [0.2, 0.25) is 0 Å². The summed E-state index contributed by atoms with van der Waals surface area (Å²) in [6, 6.07) is 3.33. The van der Waals surface area contributed by atoms with Crippen molar-refractivity contribution in [2.24, 2.45) is 0 Å². The molecule has 3 aromatic rings. The number of amides is 1. The minimum atomic E-state index is -0.588. The van der Waals surface area contributed by atoms with Crippen molar-refractivity contribution < 1.29 is 14.3 Å². The fourth-order valence-corrected chi connectivity index (χ4v) is 5.31. The maximum atomic E-state index is 13.7. The van der Waals surface area contributed by atoms with Crippen molar-refractivity contribution in [2.45, 2.75) is 58.1 Å². The molecule has 1 aliphatic carbocycles. The molecule has 6 rings (SSSR count). The molecule has 1 atom stereocenters. The number of aromatic nitrogens is 4. The highest BCUT2D eigenvalue weighted by molar-refractivity contribution is 6.30. The molecule has 2 fully saturated rings. The van der Waals surface area contributed by atoms with Crippen LogP contribution >= 0.6 is 11.6 Å². The van der Waals surface area contributed by atoms with Gasteiger partial charge in [-0.05, 0) is 52.2 Å². The number of ether oxygens (including phenoxy) is 2. The molecule has 3 aliphatic rings. The Labute approximate surface area is 219 Å². The van der Waals surface area contributed by atoms with Crippen molar-refractivity contribution in [3.63, 3.8) is 0 Å². The monoisotopic (exact) mass is 524 g/mol. The van der Waals surface area contributed by atoms with Gasteiger partial charge in [0.15, 0.2) is 5.65 Å². The van der Waals surface area contributed by atoms with Crippen molar-refractivity contribution in [3.05, 3.63) is 45.2 Å². The van der Waals surface area contributed by atoms with Crippen LogP contribution in [0.25, 0.3) is 16.7 Å². The van der Waals surface area contributed by atoms with Gasteiger partial charge in [0.1, 0.15) is 34.3 Å². The van der Waals surface area contributed by atoms with Crippen LogP contribution in [0.4, 0.5) is 10.6 Å². The van der Waals surface area contributed by atoms with Gasteiger partial charge in [0.05, 0.1) is 17.4 Å². The highest BCUT2D eigenvalue weighted by Gasteiger charge is 2.38. The van der Waals surface area contributed by atoms with Gasteiger partial charge in [-0.3, -0.25) is 4.98 Å². The van der Waals surface area contributed by atoms with E-state index in [1.54, 1.807) is 17.2 Å². The van der Waals surface area contributed by atoms with Crippen LogP contribution in [0.15, 0.2) is 23.1 Å². The van der Waals surface area contributed by atoms with Crippen molar-refractivity contribution in [2.75, 3.05) is 31.1 Å². The second-order valence-corrected chi connectivity index (χ2v) is 11.3. The van der Waals surface area contributed by atoms with Crippen LogP contribution in [0.3, 0.4) is 0 Å². The average molecular weight is 525 g/mol. The Hall–Kier alpha value is -3.40. The number of hydrogen-bond donors (Lipinski definition) is 0.